The summed E-state index contributed by atoms with van der Waals surface area (Å²) in [5.74, 6) is -0.710. The highest BCUT2D eigenvalue weighted by molar-refractivity contribution is 7.03. The van der Waals surface area contributed by atoms with Gasteiger partial charge in [-0.05, 0) is 69.1 Å². The maximum absolute atomic E-state index is 13.5. The molecule has 0 aliphatic carbocycles. The van der Waals surface area contributed by atoms with E-state index < -0.39 is 17.5 Å². The third kappa shape index (κ3) is 5.23. The number of hydrogen-bond donors (Lipinski definition) is 1. The highest BCUT2D eigenvalue weighted by Gasteiger charge is 2.35. The summed E-state index contributed by atoms with van der Waals surface area (Å²) in [7, 11) is 0. The molecule has 156 valence electrons. The summed E-state index contributed by atoms with van der Waals surface area (Å²) < 4.78 is 3.80. The van der Waals surface area contributed by atoms with Gasteiger partial charge in [0, 0.05) is 21.6 Å². The van der Waals surface area contributed by atoms with Crippen LogP contribution in [0.1, 0.15) is 48.4 Å². The Morgan fingerprint density at radius 3 is 2.23 bits per heavy atom. The van der Waals surface area contributed by atoms with Gasteiger partial charge in [-0.15, -0.1) is 5.10 Å². The Bertz CT molecular complexity index is 1010. The van der Waals surface area contributed by atoms with Crippen LogP contribution in [-0.4, -0.2) is 26.9 Å². The third-order valence-electron chi connectivity index (χ3n) is 4.30. The van der Waals surface area contributed by atoms with Gasteiger partial charge in [0.2, 0.25) is 5.91 Å². The monoisotopic (exact) mass is 442 g/mol. The van der Waals surface area contributed by atoms with Crippen LogP contribution in [0.15, 0.2) is 53.9 Å². The number of hydrogen-bond acceptors (Lipinski definition) is 5. The summed E-state index contributed by atoms with van der Waals surface area (Å²) >= 11 is 7.14. The SMILES string of the molecule is Cc1ccc([C@@H](C(=O)NC(C)(C)C)N(C(=O)c2csnn2)c2ccc(Cl)cc2)cc1. The molecular weight excluding hydrogens is 420 g/mol. The van der Waals surface area contributed by atoms with E-state index in [0.717, 1.165) is 17.1 Å². The quantitative estimate of drug-likeness (QED) is 0.615. The predicted molar refractivity (Wildman–Crippen MR) is 120 cm³/mol. The second-order valence-corrected chi connectivity index (χ2v) is 9.04. The first kappa shape index (κ1) is 21.9. The summed E-state index contributed by atoms with van der Waals surface area (Å²) in [5, 5.41) is 9.03. The van der Waals surface area contributed by atoms with Crippen molar-refractivity contribution in [2.24, 2.45) is 0 Å². The second kappa shape index (κ2) is 8.93. The van der Waals surface area contributed by atoms with Crippen molar-refractivity contribution in [3.05, 3.63) is 75.8 Å². The van der Waals surface area contributed by atoms with E-state index in [4.69, 9.17) is 11.6 Å². The molecule has 0 saturated heterocycles. The Labute approximate surface area is 185 Å². The van der Waals surface area contributed by atoms with E-state index in [2.05, 4.69) is 14.9 Å². The molecule has 3 rings (SSSR count). The fourth-order valence-corrected chi connectivity index (χ4v) is 3.53. The summed E-state index contributed by atoms with van der Waals surface area (Å²) in [6.45, 7) is 7.67. The predicted octanol–water partition coefficient (Wildman–Crippen LogP) is 4.80. The average Bonchev–Trinajstić information content (AvgIpc) is 3.21. The molecule has 30 heavy (non-hydrogen) atoms. The standard InChI is InChI=1S/C22H23ClN4O2S/c1-14-5-7-15(8-6-14)19(20(28)24-22(2,3)4)27(17-11-9-16(23)10-12-17)21(29)18-13-30-26-25-18/h5-13,19H,1-4H3,(H,24,28)/t19-/m0/s1. The molecule has 0 aliphatic rings. The van der Waals surface area contributed by atoms with Crippen LogP contribution in [0.3, 0.4) is 0 Å². The zero-order chi connectivity index (χ0) is 21.9. The average molecular weight is 443 g/mol. The van der Waals surface area contributed by atoms with Crippen LogP contribution in [-0.2, 0) is 4.79 Å². The Morgan fingerprint density at radius 1 is 1.07 bits per heavy atom. The van der Waals surface area contributed by atoms with Crippen LogP contribution >= 0.6 is 23.1 Å². The number of anilines is 1. The Balaban J connectivity index is 2.16. The maximum Gasteiger partial charge on any atom is 0.280 e. The van der Waals surface area contributed by atoms with Gasteiger partial charge in [0.05, 0.1) is 0 Å². The van der Waals surface area contributed by atoms with Crippen molar-refractivity contribution in [2.45, 2.75) is 39.3 Å². The minimum Gasteiger partial charge on any atom is -0.349 e. The zero-order valence-corrected chi connectivity index (χ0v) is 18.8. The van der Waals surface area contributed by atoms with E-state index in [-0.39, 0.29) is 11.6 Å². The Hall–Kier alpha value is -2.77. The summed E-state index contributed by atoms with van der Waals surface area (Å²) in [4.78, 5) is 28.3. The fourth-order valence-electron chi connectivity index (χ4n) is 2.97. The van der Waals surface area contributed by atoms with E-state index in [9.17, 15) is 9.59 Å². The van der Waals surface area contributed by atoms with Crippen LogP contribution in [0.4, 0.5) is 5.69 Å². The number of rotatable bonds is 5. The van der Waals surface area contributed by atoms with Gasteiger partial charge in [-0.25, -0.2) is 0 Å². The molecule has 1 aromatic heterocycles. The van der Waals surface area contributed by atoms with Crippen molar-refractivity contribution in [1.29, 1.82) is 0 Å². The van der Waals surface area contributed by atoms with E-state index in [1.54, 1.807) is 29.6 Å². The Kier molecular flexibility index (Phi) is 6.53. The molecule has 0 fully saturated rings. The topological polar surface area (TPSA) is 75.2 Å². The van der Waals surface area contributed by atoms with Crippen molar-refractivity contribution in [3.8, 4) is 0 Å². The molecular formula is C22H23ClN4O2S. The van der Waals surface area contributed by atoms with Crippen LogP contribution in [0.25, 0.3) is 0 Å². The number of amides is 2. The number of aromatic nitrogens is 2. The van der Waals surface area contributed by atoms with Gasteiger partial charge in [-0.2, -0.15) is 0 Å². The van der Waals surface area contributed by atoms with Gasteiger partial charge in [-0.3, -0.25) is 14.5 Å². The number of carbonyl (C=O) groups excluding carboxylic acids is 2. The third-order valence-corrected chi connectivity index (χ3v) is 5.06. The van der Waals surface area contributed by atoms with Crippen LogP contribution in [0, 0.1) is 6.92 Å². The van der Waals surface area contributed by atoms with Gasteiger partial charge in [0.1, 0.15) is 6.04 Å². The van der Waals surface area contributed by atoms with Crippen molar-refractivity contribution in [2.75, 3.05) is 4.90 Å². The maximum atomic E-state index is 13.5. The van der Waals surface area contributed by atoms with Crippen LogP contribution < -0.4 is 10.2 Å². The largest absolute Gasteiger partial charge is 0.349 e. The lowest BCUT2D eigenvalue weighted by Crippen LogP contribution is -2.49. The summed E-state index contributed by atoms with van der Waals surface area (Å²) in [6, 6.07) is 13.4. The summed E-state index contributed by atoms with van der Waals surface area (Å²) in [6.07, 6.45) is 0. The number of aryl methyl sites for hydroxylation is 1. The molecule has 1 atom stereocenters. The molecule has 0 spiro atoms. The van der Waals surface area contributed by atoms with Gasteiger partial charge in [0.25, 0.3) is 5.91 Å². The molecule has 0 saturated carbocycles. The number of nitrogens with one attached hydrogen (secondary N) is 1. The van der Waals surface area contributed by atoms with Crippen molar-refractivity contribution < 1.29 is 9.59 Å². The minimum atomic E-state index is -0.903. The normalized spacial score (nSPS) is 12.3. The molecule has 0 bridgehead atoms. The van der Waals surface area contributed by atoms with Gasteiger partial charge in [-0.1, -0.05) is 45.9 Å². The molecule has 6 nitrogen and oxygen atoms in total. The molecule has 1 heterocycles. The molecule has 0 unspecified atom stereocenters. The first-order valence-electron chi connectivity index (χ1n) is 9.40. The minimum absolute atomic E-state index is 0.177. The lowest BCUT2D eigenvalue weighted by molar-refractivity contribution is -0.123. The first-order valence-corrected chi connectivity index (χ1v) is 10.6. The number of nitrogens with zero attached hydrogens (tertiary/aromatic N) is 3. The smallest absolute Gasteiger partial charge is 0.280 e. The molecule has 0 radical (unpaired) electrons. The fraction of sp³-hybridized carbons (Fsp3) is 0.273. The van der Waals surface area contributed by atoms with Crippen LogP contribution in [0.5, 0.6) is 0 Å². The number of benzene rings is 2. The van der Waals surface area contributed by atoms with Gasteiger partial charge in [0.15, 0.2) is 5.69 Å². The van der Waals surface area contributed by atoms with E-state index in [0.29, 0.717) is 16.3 Å². The van der Waals surface area contributed by atoms with Crippen LogP contribution in [0.2, 0.25) is 5.02 Å². The first-order chi connectivity index (χ1) is 14.2. The summed E-state index contributed by atoms with van der Waals surface area (Å²) in [5.41, 5.74) is 1.98. The van der Waals surface area contributed by atoms with Crippen molar-refractivity contribution in [1.82, 2.24) is 14.9 Å². The second-order valence-electron chi connectivity index (χ2n) is 7.99. The van der Waals surface area contributed by atoms with Crippen molar-refractivity contribution in [3.63, 3.8) is 0 Å². The molecule has 1 N–H and O–H groups in total. The van der Waals surface area contributed by atoms with E-state index in [1.807, 2.05) is 52.0 Å². The van der Waals surface area contributed by atoms with Gasteiger partial charge < -0.3 is 5.32 Å². The zero-order valence-electron chi connectivity index (χ0n) is 17.2. The van der Waals surface area contributed by atoms with E-state index in [1.165, 1.54) is 4.90 Å². The molecule has 2 aromatic carbocycles. The lowest BCUT2D eigenvalue weighted by atomic mass is 9.99. The molecule has 3 aromatic rings. The number of halogens is 1. The molecule has 8 heteroatoms. The molecule has 0 aliphatic heterocycles. The van der Waals surface area contributed by atoms with Crippen molar-refractivity contribution >= 4 is 40.6 Å². The van der Waals surface area contributed by atoms with E-state index >= 15 is 0 Å². The highest BCUT2D eigenvalue weighted by atomic mass is 35.5. The number of carbonyl (C=O) groups is 2. The van der Waals surface area contributed by atoms with Gasteiger partial charge >= 0.3 is 0 Å². The Morgan fingerprint density at radius 2 is 1.70 bits per heavy atom. The lowest BCUT2D eigenvalue weighted by Gasteiger charge is -2.33. The highest BCUT2D eigenvalue weighted by Crippen LogP contribution is 2.31. The molecule has 2 amide bonds.